The zero-order valence-corrected chi connectivity index (χ0v) is 17.7. The summed E-state index contributed by atoms with van der Waals surface area (Å²) in [5, 5.41) is 7.05. The van der Waals surface area contributed by atoms with E-state index in [1.165, 1.54) is 27.4 Å². The highest BCUT2D eigenvalue weighted by molar-refractivity contribution is 5.92. The molecule has 3 aromatic rings. The average Bonchev–Trinajstić information content (AvgIpc) is 2.80. The lowest BCUT2D eigenvalue weighted by Crippen LogP contribution is -2.29. The summed E-state index contributed by atoms with van der Waals surface area (Å²) in [6.45, 7) is -0.269. The summed E-state index contributed by atoms with van der Waals surface area (Å²) in [5.74, 6) is 1.71. The Balaban J connectivity index is 1.83. The van der Waals surface area contributed by atoms with Crippen LogP contribution in [-0.4, -0.2) is 44.1 Å². The van der Waals surface area contributed by atoms with Crippen LogP contribution in [0.25, 0.3) is 11.3 Å². The van der Waals surface area contributed by atoms with Crippen molar-refractivity contribution in [2.75, 3.05) is 33.8 Å². The van der Waals surface area contributed by atoms with E-state index >= 15 is 0 Å². The minimum Gasteiger partial charge on any atom is -0.497 e. The van der Waals surface area contributed by atoms with E-state index in [2.05, 4.69) is 10.4 Å². The maximum absolute atomic E-state index is 12.6. The molecular weight excluding hydrogens is 402 g/mol. The molecule has 1 N–H and O–H groups in total. The van der Waals surface area contributed by atoms with Crippen LogP contribution >= 0.6 is 0 Å². The number of nitrogens with zero attached hydrogens (tertiary/aromatic N) is 2. The zero-order chi connectivity index (χ0) is 22.4. The molecule has 162 valence electrons. The molecule has 0 atom stereocenters. The Labute approximate surface area is 179 Å². The van der Waals surface area contributed by atoms with Crippen molar-refractivity contribution in [3.8, 4) is 34.3 Å². The third-order valence-corrected chi connectivity index (χ3v) is 4.52. The van der Waals surface area contributed by atoms with Crippen LogP contribution < -0.4 is 29.8 Å². The molecule has 0 aliphatic rings. The first-order chi connectivity index (χ1) is 15.0. The fourth-order valence-electron chi connectivity index (χ4n) is 2.94. The number of hydrogen-bond donors (Lipinski definition) is 1. The fraction of sp³-hybridized carbons (Fsp3) is 0.227. The predicted molar refractivity (Wildman–Crippen MR) is 115 cm³/mol. The van der Waals surface area contributed by atoms with Crippen LogP contribution in [-0.2, 0) is 11.3 Å². The van der Waals surface area contributed by atoms with Gasteiger partial charge in [0.2, 0.25) is 5.91 Å². The molecule has 0 radical (unpaired) electrons. The lowest BCUT2D eigenvalue weighted by molar-refractivity contribution is -0.117. The minimum atomic E-state index is -0.428. The van der Waals surface area contributed by atoms with E-state index in [1.807, 2.05) is 0 Å². The van der Waals surface area contributed by atoms with Crippen molar-refractivity contribution in [1.82, 2.24) is 9.78 Å². The normalized spacial score (nSPS) is 10.3. The number of rotatable bonds is 8. The second kappa shape index (κ2) is 9.66. The highest BCUT2D eigenvalue weighted by Gasteiger charge is 2.13. The summed E-state index contributed by atoms with van der Waals surface area (Å²) < 4.78 is 22.1. The third kappa shape index (κ3) is 4.95. The molecule has 0 aliphatic carbocycles. The van der Waals surface area contributed by atoms with E-state index in [9.17, 15) is 9.59 Å². The minimum absolute atomic E-state index is 0.269. The van der Waals surface area contributed by atoms with Crippen molar-refractivity contribution in [2.24, 2.45) is 0 Å². The van der Waals surface area contributed by atoms with E-state index in [4.69, 9.17) is 18.9 Å². The first-order valence-corrected chi connectivity index (χ1v) is 9.31. The van der Waals surface area contributed by atoms with Gasteiger partial charge in [0.25, 0.3) is 5.56 Å². The van der Waals surface area contributed by atoms with E-state index in [-0.39, 0.29) is 6.54 Å². The van der Waals surface area contributed by atoms with Gasteiger partial charge in [-0.2, -0.15) is 5.10 Å². The number of carbonyl (C=O) groups is 1. The molecule has 0 fully saturated rings. The maximum Gasteiger partial charge on any atom is 0.267 e. The van der Waals surface area contributed by atoms with Crippen LogP contribution in [0.1, 0.15) is 0 Å². The maximum atomic E-state index is 12.6. The number of amides is 1. The Morgan fingerprint density at radius 3 is 2.29 bits per heavy atom. The molecule has 0 aliphatic heterocycles. The van der Waals surface area contributed by atoms with Gasteiger partial charge in [0.05, 0.1) is 39.8 Å². The van der Waals surface area contributed by atoms with Gasteiger partial charge >= 0.3 is 0 Å². The molecule has 0 spiro atoms. The van der Waals surface area contributed by atoms with Crippen molar-refractivity contribution in [3.05, 3.63) is 58.9 Å². The van der Waals surface area contributed by atoms with Gasteiger partial charge in [-0.3, -0.25) is 9.59 Å². The predicted octanol–water partition coefficient (Wildman–Crippen LogP) is 2.58. The van der Waals surface area contributed by atoms with Crippen LogP contribution in [0.2, 0.25) is 0 Å². The Morgan fingerprint density at radius 2 is 1.61 bits per heavy atom. The van der Waals surface area contributed by atoms with Crippen molar-refractivity contribution < 1.29 is 23.7 Å². The Kier molecular flexibility index (Phi) is 6.76. The molecule has 31 heavy (non-hydrogen) atoms. The number of nitrogens with one attached hydrogen (secondary N) is 1. The van der Waals surface area contributed by atoms with Crippen LogP contribution in [0.4, 0.5) is 5.69 Å². The second-order valence-electron chi connectivity index (χ2n) is 6.40. The number of aromatic nitrogens is 2. The molecule has 0 saturated heterocycles. The molecule has 2 aromatic carbocycles. The molecule has 9 heteroatoms. The van der Waals surface area contributed by atoms with Crippen LogP contribution in [0.3, 0.4) is 0 Å². The summed E-state index contributed by atoms with van der Waals surface area (Å²) in [6, 6.07) is 13.2. The number of carbonyl (C=O) groups excluding carboxylic acids is 1. The van der Waals surface area contributed by atoms with Gasteiger partial charge in [-0.1, -0.05) is 0 Å². The largest absolute Gasteiger partial charge is 0.497 e. The smallest absolute Gasteiger partial charge is 0.267 e. The Hall–Kier alpha value is -4.01. The van der Waals surface area contributed by atoms with Crippen LogP contribution in [0.5, 0.6) is 23.0 Å². The molecule has 1 heterocycles. The van der Waals surface area contributed by atoms with E-state index < -0.39 is 11.5 Å². The Morgan fingerprint density at radius 1 is 0.871 bits per heavy atom. The quantitative estimate of drug-likeness (QED) is 0.592. The van der Waals surface area contributed by atoms with Crippen molar-refractivity contribution in [1.29, 1.82) is 0 Å². The highest BCUT2D eigenvalue weighted by atomic mass is 16.5. The highest BCUT2D eigenvalue weighted by Crippen LogP contribution is 2.31. The van der Waals surface area contributed by atoms with Crippen molar-refractivity contribution in [2.45, 2.75) is 6.54 Å². The molecular formula is C22H23N3O6. The molecule has 0 unspecified atom stereocenters. The molecule has 1 aromatic heterocycles. The molecule has 3 rings (SSSR count). The number of benzene rings is 2. The summed E-state index contributed by atoms with van der Waals surface area (Å²) in [5.41, 5.74) is 1.28. The average molecular weight is 425 g/mol. The number of anilines is 1. The molecule has 0 saturated carbocycles. The number of ether oxygens (including phenoxy) is 4. The molecule has 0 bridgehead atoms. The molecule has 9 nitrogen and oxygen atoms in total. The van der Waals surface area contributed by atoms with Gasteiger partial charge in [0.1, 0.15) is 18.0 Å². The standard InChI is InChI=1S/C22H23N3O6/c1-28-15-6-7-17(19(12-15)30-3)23-21(26)13-25-22(27)10-8-16(24-25)14-5-9-18(29-2)20(11-14)31-4/h5-12H,13H2,1-4H3,(H,23,26). The van der Waals surface area contributed by atoms with Gasteiger partial charge in [-0.25, -0.2) is 4.68 Å². The number of methoxy groups -OCH3 is 4. The fourth-order valence-corrected chi connectivity index (χ4v) is 2.94. The van der Waals surface area contributed by atoms with E-state index in [0.717, 1.165) is 4.68 Å². The van der Waals surface area contributed by atoms with Crippen LogP contribution in [0.15, 0.2) is 53.3 Å². The third-order valence-electron chi connectivity index (χ3n) is 4.52. The monoisotopic (exact) mass is 425 g/mol. The summed E-state index contributed by atoms with van der Waals surface area (Å²) in [4.78, 5) is 24.8. The summed E-state index contributed by atoms with van der Waals surface area (Å²) in [6.07, 6.45) is 0. The van der Waals surface area contributed by atoms with Gasteiger partial charge in [0, 0.05) is 17.7 Å². The van der Waals surface area contributed by atoms with Gasteiger partial charge in [-0.05, 0) is 36.4 Å². The zero-order valence-electron chi connectivity index (χ0n) is 17.7. The lowest BCUT2D eigenvalue weighted by atomic mass is 10.1. The van der Waals surface area contributed by atoms with E-state index in [1.54, 1.807) is 49.6 Å². The second-order valence-corrected chi connectivity index (χ2v) is 6.40. The van der Waals surface area contributed by atoms with Gasteiger partial charge < -0.3 is 24.3 Å². The molecule has 1 amide bonds. The van der Waals surface area contributed by atoms with Crippen molar-refractivity contribution >= 4 is 11.6 Å². The van der Waals surface area contributed by atoms with Gasteiger partial charge in [0.15, 0.2) is 11.5 Å². The van der Waals surface area contributed by atoms with Crippen LogP contribution in [0, 0.1) is 0 Å². The van der Waals surface area contributed by atoms with Crippen molar-refractivity contribution in [3.63, 3.8) is 0 Å². The number of hydrogen-bond acceptors (Lipinski definition) is 7. The lowest BCUT2D eigenvalue weighted by Gasteiger charge is -2.13. The first-order valence-electron chi connectivity index (χ1n) is 9.31. The Bertz CT molecular complexity index is 1140. The first kappa shape index (κ1) is 21.7. The summed E-state index contributed by atoms with van der Waals surface area (Å²) >= 11 is 0. The SMILES string of the molecule is COc1ccc(NC(=O)Cn2nc(-c3ccc(OC)c(OC)c3)ccc2=O)c(OC)c1. The van der Waals surface area contributed by atoms with Gasteiger partial charge in [-0.15, -0.1) is 0 Å². The topological polar surface area (TPSA) is 101 Å². The van der Waals surface area contributed by atoms with E-state index in [0.29, 0.717) is 39.9 Å². The summed E-state index contributed by atoms with van der Waals surface area (Å²) in [7, 11) is 6.11.